The van der Waals surface area contributed by atoms with Crippen LogP contribution in [0, 0.1) is 5.82 Å². The number of carbonyl (C=O) groups is 1. The molecule has 0 aliphatic rings. The van der Waals surface area contributed by atoms with E-state index in [9.17, 15) is 9.18 Å². The topological polar surface area (TPSA) is 68.0 Å². The first-order chi connectivity index (χ1) is 9.13. The minimum Gasteiger partial charge on any atom is -0.326 e. The molecule has 2 rings (SSSR count). The standard InChI is InChI=1S/C13H11ClFN3O/c14-9-4-1-5-10(15)11(9)13(19)18-12-8(7-16)3-2-6-17-12/h1-6H,7,16H2,(H,17,18,19). The van der Waals surface area contributed by atoms with Gasteiger partial charge in [0.2, 0.25) is 0 Å². The number of nitrogens with one attached hydrogen (secondary N) is 1. The number of nitrogens with zero attached hydrogens (tertiary/aromatic N) is 1. The van der Waals surface area contributed by atoms with Crippen LogP contribution in [0.1, 0.15) is 15.9 Å². The molecular weight excluding hydrogens is 269 g/mol. The van der Waals surface area contributed by atoms with Crippen LogP contribution in [0.4, 0.5) is 10.2 Å². The third-order valence-corrected chi connectivity index (χ3v) is 2.85. The molecule has 2 aromatic rings. The van der Waals surface area contributed by atoms with Gasteiger partial charge in [0.1, 0.15) is 11.6 Å². The summed E-state index contributed by atoms with van der Waals surface area (Å²) < 4.78 is 13.6. The van der Waals surface area contributed by atoms with Crippen molar-refractivity contribution < 1.29 is 9.18 Å². The van der Waals surface area contributed by atoms with Gasteiger partial charge in [-0.25, -0.2) is 9.37 Å². The molecule has 0 bridgehead atoms. The van der Waals surface area contributed by atoms with Gasteiger partial charge in [-0.15, -0.1) is 0 Å². The lowest BCUT2D eigenvalue weighted by Crippen LogP contribution is -2.17. The molecule has 1 aromatic carbocycles. The second-order valence-electron chi connectivity index (χ2n) is 3.77. The molecule has 19 heavy (non-hydrogen) atoms. The molecule has 0 spiro atoms. The second kappa shape index (κ2) is 5.77. The maximum atomic E-state index is 13.6. The summed E-state index contributed by atoms with van der Waals surface area (Å²) in [5.41, 5.74) is 5.98. The van der Waals surface area contributed by atoms with Crippen molar-refractivity contribution >= 4 is 23.3 Å². The third kappa shape index (κ3) is 2.89. The van der Waals surface area contributed by atoms with Crippen LogP contribution in [0.25, 0.3) is 0 Å². The zero-order chi connectivity index (χ0) is 13.8. The Morgan fingerprint density at radius 2 is 2.16 bits per heavy atom. The van der Waals surface area contributed by atoms with Crippen LogP contribution >= 0.6 is 11.6 Å². The van der Waals surface area contributed by atoms with Crippen LogP contribution in [0.15, 0.2) is 36.5 Å². The Labute approximate surface area is 114 Å². The zero-order valence-corrected chi connectivity index (χ0v) is 10.6. The predicted octanol–water partition coefficient (Wildman–Crippen LogP) is 2.59. The fourth-order valence-corrected chi connectivity index (χ4v) is 1.85. The van der Waals surface area contributed by atoms with Crippen LogP contribution in [0.2, 0.25) is 5.02 Å². The minimum atomic E-state index is -0.685. The number of hydrogen-bond donors (Lipinski definition) is 2. The van der Waals surface area contributed by atoms with Crippen molar-refractivity contribution in [3.63, 3.8) is 0 Å². The van der Waals surface area contributed by atoms with E-state index in [0.29, 0.717) is 11.4 Å². The van der Waals surface area contributed by atoms with E-state index in [0.717, 1.165) is 0 Å². The molecular formula is C13H11ClFN3O. The van der Waals surface area contributed by atoms with E-state index in [1.54, 1.807) is 12.1 Å². The number of carbonyl (C=O) groups excluding carboxylic acids is 1. The molecule has 98 valence electrons. The van der Waals surface area contributed by atoms with Gasteiger partial charge in [0, 0.05) is 18.3 Å². The first kappa shape index (κ1) is 13.5. The van der Waals surface area contributed by atoms with Crippen molar-refractivity contribution in [1.29, 1.82) is 0 Å². The molecule has 0 atom stereocenters. The zero-order valence-electron chi connectivity index (χ0n) is 9.86. The molecule has 0 saturated heterocycles. The molecule has 0 saturated carbocycles. The number of hydrogen-bond acceptors (Lipinski definition) is 3. The van der Waals surface area contributed by atoms with Gasteiger partial charge in [-0.3, -0.25) is 4.79 Å². The maximum Gasteiger partial charge on any atom is 0.261 e. The number of pyridine rings is 1. The predicted molar refractivity (Wildman–Crippen MR) is 71.5 cm³/mol. The number of amides is 1. The first-order valence-electron chi connectivity index (χ1n) is 5.53. The SMILES string of the molecule is NCc1cccnc1NC(=O)c1c(F)cccc1Cl. The van der Waals surface area contributed by atoms with E-state index in [1.165, 1.54) is 24.4 Å². The third-order valence-electron chi connectivity index (χ3n) is 2.53. The number of nitrogens with two attached hydrogens (primary N) is 1. The average molecular weight is 280 g/mol. The van der Waals surface area contributed by atoms with E-state index in [2.05, 4.69) is 10.3 Å². The van der Waals surface area contributed by atoms with Gasteiger partial charge < -0.3 is 11.1 Å². The van der Waals surface area contributed by atoms with E-state index < -0.39 is 11.7 Å². The summed E-state index contributed by atoms with van der Waals surface area (Å²) in [5.74, 6) is -1.04. The van der Waals surface area contributed by atoms with Crippen LogP contribution in [0.5, 0.6) is 0 Å². The van der Waals surface area contributed by atoms with Crippen molar-refractivity contribution in [3.05, 3.63) is 58.5 Å². The highest BCUT2D eigenvalue weighted by Gasteiger charge is 2.17. The Morgan fingerprint density at radius 3 is 2.84 bits per heavy atom. The average Bonchev–Trinajstić information content (AvgIpc) is 2.39. The van der Waals surface area contributed by atoms with Crippen LogP contribution < -0.4 is 11.1 Å². The molecule has 6 heteroatoms. The molecule has 1 amide bonds. The van der Waals surface area contributed by atoms with Crippen molar-refractivity contribution in [2.24, 2.45) is 5.73 Å². The van der Waals surface area contributed by atoms with E-state index >= 15 is 0 Å². The monoisotopic (exact) mass is 279 g/mol. The van der Waals surface area contributed by atoms with Gasteiger partial charge in [0.25, 0.3) is 5.91 Å². The van der Waals surface area contributed by atoms with Gasteiger partial charge in [-0.2, -0.15) is 0 Å². The fraction of sp³-hybridized carbons (Fsp3) is 0.0769. The second-order valence-corrected chi connectivity index (χ2v) is 4.17. The summed E-state index contributed by atoms with van der Waals surface area (Å²) in [6.07, 6.45) is 1.51. The van der Waals surface area contributed by atoms with Gasteiger partial charge in [-0.1, -0.05) is 23.7 Å². The highest BCUT2D eigenvalue weighted by atomic mass is 35.5. The molecule has 0 fully saturated rings. The van der Waals surface area contributed by atoms with Crippen molar-refractivity contribution in [2.45, 2.75) is 6.54 Å². The van der Waals surface area contributed by atoms with Crippen LogP contribution in [0.3, 0.4) is 0 Å². The summed E-state index contributed by atoms with van der Waals surface area (Å²) in [7, 11) is 0. The normalized spacial score (nSPS) is 10.3. The highest BCUT2D eigenvalue weighted by molar-refractivity contribution is 6.34. The van der Waals surface area contributed by atoms with Crippen LogP contribution in [-0.2, 0) is 6.54 Å². The molecule has 0 radical (unpaired) electrons. The molecule has 3 N–H and O–H groups in total. The largest absolute Gasteiger partial charge is 0.326 e. The Kier molecular flexibility index (Phi) is 4.09. The van der Waals surface area contributed by atoms with Gasteiger partial charge in [0.05, 0.1) is 10.6 Å². The number of halogens is 2. The molecule has 0 unspecified atom stereocenters. The number of benzene rings is 1. The Morgan fingerprint density at radius 1 is 1.37 bits per heavy atom. The Hall–Kier alpha value is -1.98. The van der Waals surface area contributed by atoms with Crippen molar-refractivity contribution in [3.8, 4) is 0 Å². The Balaban J connectivity index is 2.31. The first-order valence-corrected chi connectivity index (χ1v) is 5.90. The molecule has 1 aromatic heterocycles. The fourth-order valence-electron chi connectivity index (χ4n) is 1.60. The summed E-state index contributed by atoms with van der Waals surface area (Å²) in [6.45, 7) is 0.217. The van der Waals surface area contributed by atoms with Crippen LogP contribution in [-0.4, -0.2) is 10.9 Å². The summed E-state index contributed by atoms with van der Waals surface area (Å²) in [5, 5.41) is 2.55. The molecule has 0 aliphatic carbocycles. The van der Waals surface area contributed by atoms with Gasteiger partial charge in [0.15, 0.2) is 0 Å². The smallest absolute Gasteiger partial charge is 0.261 e. The lowest BCUT2D eigenvalue weighted by molar-refractivity contribution is 0.102. The Bertz CT molecular complexity index is 598. The lowest BCUT2D eigenvalue weighted by atomic mass is 10.2. The van der Waals surface area contributed by atoms with E-state index in [4.69, 9.17) is 17.3 Å². The molecule has 0 aliphatic heterocycles. The molecule has 4 nitrogen and oxygen atoms in total. The summed E-state index contributed by atoms with van der Waals surface area (Å²) in [6, 6.07) is 7.48. The van der Waals surface area contributed by atoms with E-state index in [1.807, 2.05) is 0 Å². The summed E-state index contributed by atoms with van der Waals surface area (Å²) in [4.78, 5) is 16.0. The van der Waals surface area contributed by atoms with Crippen molar-refractivity contribution in [1.82, 2.24) is 4.98 Å². The molecule has 1 heterocycles. The quantitative estimate of drug-likeness (QED) is 0.907. The highest BCUT2D eigenvalue weighted by Crippen LogP contribution is 2.21. The number of rotatable bonds is 3. The van der Waals surface area contributed by atoms with Crippen molar-refractivity contribution in [2.75, 3.05) is 5.32 Å². The summed E-state index contributed by atoms with van der Waals surface area (Å²) >= 11 is 5.82. The number of aromatic nitrogens is 1. The minimum absolute atomic E-state index is 0.0442. The van der Waals surface area contributed by atoms with Gasteiger partial charge in [-0.05, 0) is 18.2 Å². The number of anilines is 1. The lowest BCUT2D eigenvalue weighted by Gasteiger charge is -2.09. The van der Waals surface area contributed by atoms with E-state index in [-0.39, 0.29) is 17.1 Å². The van der Waals surface area contributed by atoms with Gasteiger partial charge >= 0.3 is 0 Å². The maximum absolute atomic E-state index is 13.6.